The predicted octanol–water partition coefficient (Wildman–Crippen LogP) is 0.361. The Kier molecular flexibility index (Phi) is 3.63. The predicted molar refractivity (Wildman–Crippen MR) is 54.3 cm³/mol. The molecule has 1 amide bonds. The third-order valence-electron chi connectivity index (χ3n) is 1.94. The second-order valence-corrected chi connectivity index (χ2v) is 3.08. The van der Waals surface area contributed by atoms with Crippen molar-refractivity contribution >= 4 is 5.91 Å². The van der Waals surface area contributed by atoms with Gasteiger partial charge in [-0.05, 0) is 6.07 Å². The Hall–Kier alpha value is -2.09. The van der Waals surface area contributed by atoms with Crippen molar-refractivity contribution in [3.63, 3.8) is 0 Å². The summed E-state index contributed by atoms with van der Waals surface area (Å²) < 4.78 is 0. The molecule has 15 heavy (non-hydrogen) atoms. The van der Waals surface area contributed by atoms with E-state index in [1.165, 1.54) is 23.2 Å². The summed E-state index contributed by atoms with van der Waals surface area (Å²) in [7, 11) is 1.62. The van der Waals surface area contributed by atoms with Crippen LogP contribution < -0.4 is 5.56 Å². The number of nitrogens with zero attached hydrogens (tertiary/aromatic N) is 2. The third kappa shape index (κ3) is 2.95. The molecule has 1 aromatic heterocycles. The maximum atomic E-state index is 11.7. The van der Waals surface area contributed by atoms with Gasteiger partial charge in [0.1, 0.15) is 0 Å². The molecule has 1 N–H and O–H groups in total. The molecule has 0 spiro atoms. The minimum atomic E-state index is -0.244. The Labute approximate surface area is 87.0 Å². The van der Waals surface area contributed by atoms with Gasteiger partial charge in [0.05, 0.1) is 18.1 Å². The van der Waals surface area contributed by atoms with Crippen molar-refractivity contribution in [1.29, 1.82) is 5.26 Å². The first kappa shape index (κ1) is 11.0. The van der Waals surface area contributed by atoms with Gasteiger partial charge in [-0.25, -0.2) is 0 Å². The highest BCUT2D eigenvalue weighted by Crippen LogP contribution is 1.99. The van der Waals surface area contributed by atoms with Crippen LogP contribution >= 0.6 is 0 Å². The van der Waals surface area contributed by atoms with E-state index in [4.69, 9.17) is 5.26 Å². The molecule has 0 radical (unpaired) electrons. The van der Waals surface area contributed by atoms with E-state index in [0.29, 0.717) is 18.5 Å². The van der Waals surface area contributed by atoms with Gasteiger partial charge < -0.3 is 9.88 Å². The number of rotatable bonds is 3. The van der Waals surface area contributed by atoms with Gasteiger partial charge in [-0.2, -0.15) is 5.26 Å². The summed E-state index contributed by atoms with van der Waals surface area (Å²) in [5, 5.41) is 8.37. The quantitative estimate of drug-likeness (QED) is 0.774. The van der Waals surface area contributed by atoms with Crippen molar-refractivity contribution in [2.24, 2.45) is 0 Å². The van der Waals surface area contributed by atoms with Crippen LogP contribution in [-0.4, -0.2) is 29.4 Å². The lowest BCUT2D eigenvalue weighted by atomic mass is 10.2. The molecule has 0 unspecified atom stereocenters. The fourth-order valence-corrected chi connectivity index (χ4v) is 1.08. The number of pyridine rings is 1. The third-order valence-corrected chi connectivity index (χ3v) is 1.94. The van der Waals surface area contributed by atoms with Crippen LogP contribution in [0.5, 0.6) is 0 Å². The van der Waals surface area contributed by atoms with E-state index in [0.717, 1.165) is 0 Å². The summed E-state index contributed by atoms with van der Waals surface area (Å²) in [4.78, 5) is 26.3. The van der Waals surface area contributed by atoms with Gasteiger partial charge in [-0.15, -0.1) is 0 Å². The molecule has 0 saturated carbocycles. The highest BCUT2D eigenvalue weighted by atomic mass is 16.2. The number of hydrogen-bond donors (Lipinski definition) is 1. The first-order chi connectivity index (χ1) is 7.15. The lowest BCUT2D eigenvalue weighted by Gasteiger charge is -2.14. The molecule has 0 aliphatic carbocycles. The fraction of sp³-hybridized carbons (Fsp3) is 0.300. The van der Waals surface area contributed by atoms with Gasteiger partial charge in [0.25, 0.3) is 5.91 Å². The molecule has 0 fully saturated rings. The smallest absolute Gasteiger partial charge is 0.255 e. The second kappa shape index (κ2) is 4.96. The number of nitriles is 1. The Morgan fingerprint density at radius 1 is 1.60 bits per heavy atom. The van der Waals surface area contributed by atoms with Crippen LogP contribution in [0.15, 0.2) is 23.1 Å². The van der Waals surface area contributed by atoms with Crippen molar-refractivity contribution in [3.05, 3.63) is 34.2 Å². The van der Waals surface area contributed by atoms with Gasteiger partial charge in [0.15, 0.2) is 0 Å². The van der Waals surface area contributed by atoms with Crippen LogP contribution in [0.4, 0.5) is 0 Å². The maximum absolute atomic E-state index is 11.7. The first-order valence-corrected chi connectivity index (χ1v) is 4.46. The highest BCUT2D eigenvalue weighted by molar-refractivity contribution is 5.93. The Balaban J connectivity index is 2.72. The molecule has 0 aliphatic heterocycles. The van der Waals surface area contributed by atoms with Crippen molar-refractivity contribution in [1.82, 2.24) is 9.88 Å². The van der Waals surface area contributed by atoms with Gasteiger partial charge in [0, 0.05) is 25.9 Å². The van der Waals surface area contributed by atoms with E-state index in [1.54, 1.807) is 7.05 Å². The zero-order chi connectivity index (χ0) is 11.3. The molecule has 78 valence electrons. The van der Waals surface area contributed by atoms with Crippen LogP contribution in [-0.2, 0) is 0 Å². The summed E-state index contributed by atoms with van der Waals surface area (Å²) in [6.45, 7) is 0.383. The van der Waals surface area contributed by atoms with Gasteiger partial charge in [-0.1, -0.05) is 0 Å². The van der Waals surface area contributed by atoms with Crippen LogP contribution in [0.25, 0.3) is 0 Å². The molecular formula is C10H11N3O2. The SMILES string of the molecule is CN(CCC#N)C(=O)c1ccc(=O)[nH]c1. The lowest BCUT2D eigenvalue weighted by Crippen LogP contribution is -2.28. The van der Waals surface area contributed by atoms with Crippen molar-refractivity contribution in [2.45, 2.75) is 6.42 Å². The molecule has 1 rings (SSSR count). The largest absolute Gasteiger partial charge is 0.341 e. The summed E-state index contributed by atoms with van der Waals surface area (Å²) in [6, 6.07) is 4.72. The number of hydrogen-bond acceptors (Lipinski definition) is 3. The standard InChI is InChI=1S/C10H11N3O2/c1-13(6-2-5-11)10(15)8-3-4-9(14)12-7-8/h3-4,7H,2,6H2,1H3,(H,12,14). The number of aromatic amines is 1. The Morgan fingerprint density at radius 2 is 2.33 bits per heavy atom. The van der Waals surface area contributed by atoms with Crippen molar-refractivity contribution in [2.75, 3.05) is 13.6 Å². The first-order valence-electron chi connectivity index (χ1n) is 4.46. The second-order valence-electron chi connectivity index (χ2n) is 3.08. The van der Waals surface area contributed by atoms with Crippen LogP contribution in [0.3, 0.4) is 0 Å². The summed E-state index contributed by atoms with van der Waals surface area (Å²) in [6.07, 6.45) is 1.67. The number of aromatic nitrogens is 1. The van der Waals surface area contributed by atoms with Crippen LogP contribution in [0, 0.1) is 11.3 Å². The van der Waals surface area contributed by atoms with Crippen LogP contribution in [0.2, 0.25) is 0 Å². The van der Waals surface area contributed by atoms with E-state index < -0.39 is 0 Å². The zero-order valence-electron chi connectivity index (χ0n) is 8.36. The number of amides is 1. The Morgan fingerprint density at radius 3 is 2.87 bits per heavy atom. The van der Waals surface area contributed by atoms with Gasteiger partial charge in [-0.3, -0.25) is 9.59 Å². The molecule has 0 atom stereocenters. The molecule has 0 bridgehead atoms. The number of nitrogens with one attached hydrogen (secondary N) is 1. The van der Waals surface area contributed by atoms with Crippen LogP contribution in [0.1, 0.15) is 16.8 Å². The molecular weight excluding hydrogens is 194 g/mol. The van der Waals surface area contributed by atoms with E-state index in [-0.39, 0.29) is 11.5 Å². The Bertz CT molecular complexity index is 424. The fourth-order valence-electron chi connectivity index (χ4n) is 1.08. The number of carbonyl (C=O) groups excluding carboxylic acids is 1. The van der Waals surface area contributed by atoms with Crippen molar-refractivity contribution in [3.8, 4) is 6.07 Å². The normalized spacial score (nSPS) is 9.33. The number of H-pyrrole nitrogens is 1. The molecule has 5 heteroatoms. The average Bonchev–Trinajstić information content (AvgIpc) is 2.26. The van der Waals surface area contributed by atoms with Gasteiger partial charge >= 0.3 is 0 Å². The molecule has 0 aromatic carbocycles. The van der Waals surface area contributed by atoms with E-state index in [9.17, 15) is 9.59 Å². The molecule has 1 heterocycles. The summed E-state index contributed by atoms with van der Waals surface area (Å²) in [5.74, 6) is -0.207. The molecule has 0 saturated heterocycles. The minimum absolute atomic E-state index is 0.207. The monoisotopic (exact) mass is 205 g/mol. The summed E-state index contributed by atoms with van der Waals surface area (Å²) >= 11 is 0. The average molecular weight is 205 g/mol. The number of carbonyl (C=O) groups is 1. The van der Waals surface area contributed by atoms with E-state index in [1.807, 2.05) is 6.07 Å². The summed E-state index contributed by atoms with van der Waals surface area (Å²) in [5.41, 5.74) is 0.168. The van der Waals surface area contributed by atoms with Gasteiger partial charge in [0.2, 0.25) is 5.56 Å². The van der Waals surface area contributed by atoms with Crippen molar-refractivity contribution < 1.29 is 4.79 Å². The zero-order valence-corrected chi connectivity index (χ0v) is 8.36. The molecule has 5 nitrogen and oxygen atoms in total. The topological polar surface area (TPSA) is 77.0 Å². The maximum Gasteiger partial charge on any atom is 0.255 e. The molecule has 0 aliphatic rings. The highest BCUT2D eigenvalue weighted by Gasteiger charge is 2.10. The van der Waals surface area contributed by atoms with E-state index in [2.05, 4.69) is 4.98 Å². The molecule has 1 aromatic rings. The van der Waals surface area contributed by atoms with E-state index >= 15 is 0 Å². The minimum Gasteiger partial charge on any atom is -0.341 e. The lowest BCUT2D eigenvalue weighted by molar-refractivity contribution is 0.0797.